The van der Waals surface area contributed by atoms with Gasteiger partial charge in [-0.1, -0.05) is 178 Å². The van der Waals surface area contributed by atoms with Crippen molar-refractivity contribution >= 4 is 108 Å². The van der Waals surface area contributed by atoms with Gasteiger partial charge in [-0.2, -0.15) is 0 Å². The van der Waals surface area contributed by atoms with Crippen molar-refractivity contribution in [2.24, 2.45) is 0 Å². The topological polar surface area (TPSA) is 0 Å². The third kappa shape index (κ3) is 4.97. The van der Waals surface area contributed by atoms with Crippen LogP contribution in [0.15, 0.2) is 176 Å². The van der Waals surface area contributed by atoms with Gasteiger partial charge in [-0.3, -0.25) is 0 Å². The van der Waals surface area contributed by atoms with Gasteiger partial charge in [-0.05, 0) is 242 Å². The van der Waals surface area contributed by atoms with Crippen molar-refractivity contribution < 1.29 is 0 Å². The lowest BCUT2D eigenvalue weighted by Crippen LogP contribution is -2.10. The number of fused-ring (bicyclic) bond motifs is 12. The third-order valence-corrected chi connectivity index (χ3v) is 17.6. The zero-order valence-electron chi connectivity index (χ0n) is 41.7. The Balaban J connectivity index is 1.08. The van der Waals surface area contributed by atoms with Crippen LogP contribution in [0.3, 0.4) is 0 Å². The average Bonchev–Trinajstić information content (AvgIpc) is 4.01. The molecule has 72 heavy (non-hydrogen) atoms. The average molecular weight is 915 g/mol. The van der Waals surface area contributed by atoms with Crippen LogP contribution in [0.4, 0.5) is 0 Å². The molecule has 0 spiro atoms. The zero-order valence-corrected chi connectivity index (χ0v) is 41.7. The Labute approximate surface area is 418 Å². The molecule has 0 amide bonds. The summed E-state index contributed by atoms with van der Waals surface area (Å²) in [6.07, 6.45) is 0. The van der Waals surface area contributed by atoms with Crippen LogP contribution in [-0.2, 0) is 5.41 Å². The van der Waals surface area contributed by atoms with Crippen molar-refractivity contribution in [1.82, 2.24) is 0 Å². The van der Waals surface area contributed by atoms with Gasteiger partial charge in [0.2, 0.25) is 0 Å². The normalized spacial score (nSPS) is 12.9. The molecule has 15 aromatic carbocycles. The van der Waals surface area contributed by atoms with E-state index >= 15 is 0 Å². The molecule has 0 aromatic heterocycles. The molecular weight excluding hydrogens is 865 g/mol. The van der Waals surface area contributed by atoms with Crippen molar-refractivity contribution in [3.8, 4) is 55.6 Å². The minimum Gasteiger partial charge on any atom is -0.0620 e. The molecule has 0 saturated carbocycles. The van der Waals surface area contributed by atoms with Gasteiger partial charge in [0.1, 0.15) is 0 Å². The van der Waals surface area contributed by atoms with E-state index in [-0.39, 0.29) is 5.41 Å². The summed E-state index contributed by atoms with van der Waals surface area (Å²) in [4.78, 5) is 0. The molecular formula is C72H50. The Kier molecular flexibility index (Phi) is 7.72. The van der Waals surface area contributed by atoms with Crippen LogP contribution in [-0.4, -0.2) is 0 Å². The number of hydrogen-bond acceptors (Lipinski definition) is 0. The first-order valence-corrected chi connectivity index (χ1v) is 25.8. The van der Waals surface area contributed by atoms with Gasteiger partial charge in [0, 0.05) is 0 Å². The summed E-state index contributed by atoms with van der Waals surface area (Å²) in [5.74, 6) is 0. The summed E-state index contributed by atoms with van der Waals surface area (Å²) in [5.41, 5.74) is 20.0. The molecule has 338 valence electrons. The van der Waals surface area contributed by atoms with E-state index in [0.29, 0.717) is 0 Å². The van der Waals surface area contributed by atoms with E-state index in [1.54, 1.807) is 0 Å². The van der Waals surface area contributed by atoms with Crippen LogP contribution >= 0.6 is 0 Å². The van der Waals surface area contributed by atoms with Crippen LogP contribution in [0.25, 0.3) is 163 Å². The molecule has 15 aromatic rings. The molecule has 0 atom stereocenters. The second-order valence-corrected chi connectivity index (χ2v) is 22.4. The standard InChI is InChI=1S/C72H50/c1-37-14-8-10-18-42(37)64-60-35-58-46-21-13-20-45-48(62-39(3)16-12-17-40(62)4)25-28-53(63(45)46)59(58)36-61(60)65(43-19-11-9-15-38(43)2)71-56-32-30-51-49-26-24-47-44-23-22-41(72(5,6)7)34-57(44)54-29-27-50(67(49)66(47)54)52-31-33-55(70(64)71)69(56)68(51)52/h8-36H,1-7H3. The van der Waals surface area contributed by atoms with Gasteiger partial charge >= 0.3 is 0 Å². The number of aryl methyl sites for hydroxylation is 4. The molecule has 0 radical (unpaired) electrons. The van der Waals surface area contributed by atoms with E-state index in [4.69, 9.17) is 0 Å². The van der Waals surface area contributed by atoms with Crippen LogP contribution in [0.1, 0.15) is 48.6 Å². The van der Waals surface area contributed by atoms with E-state index in [9.17, 15) is 0 Å². The smallest absolute Gasteiger partial charge is 0.000730 e. The molecule has 0 unspecified atom stereocenters. The summed E-state index contributed by atoms with van der Waals surface area (Å²) >= 11 is 0. The van der Waals surface area contributed by atoms with E-state index < -0.39 is 0 Å². The summed E-state index contributed by atoms with van der Waals surface area (Å²) in [7, 11) is 0. The van der Waals surface area contributed by atoms with Gasteiger partial charge < -0.3 is 0 Å². The Morgan fingerprint density at radius 1 is 0.222 bits per heavy atom. The molecule has 0 N–H and O–H groups in total. The van der Waals surface area contributed by atoms with Gasteiger partial charge in [-0.15, -0.1) is 0 Å². The molecule has 16 rings (SSSR count). The van der Waals surface area contributed by atoms with Gasteiger partial charge in [-0.25, -0.2) is 0 Å². The van der Waals surface area contributed by atoms with Crippen molar-refractivity contribution in [2.45, 2.75) is 53.9 Å². The maximum atomic E-state index is 2.58. The molecule has 0 heterocycles. The second-order valence-electron chi connectivity index (χ2n) is 22.4. The summed E-state index contributed by atoms with van der Waals surface area (Å²) in [6, 6.07) is 68.7. The third-order valence-electron chi connectivity index (χ3n) is 17.6. The Morgan fingerprint density at radius 3 is 1.21 bits per heavy atom. The number of benzene rings is 13. The lowest BCUT2D eigenvalue weighted by Gasteiger charge is -2.20. The van der Waals surface area contributed by atoms with E-state index in [1.807, 2.05) is 0 Å². The Hall–Kier alpha value is -8.32. The van der Waals surface area contributed by atoms with Crippen LogP contribution in [0.5, 0.6) is 0 Å². The predicted octanol–water partition coefficient (Wildman–Crippen LogP) is 20.7. The molecule has 0 nitrogen and oxygen atoms in total. The lowest BCUT2D eigenvalue weighted by atomic mass is 9.84. The van der Waals surface area contributed by atoms with E-state index in [1.165, 1.54) is 191 Å². The molecule has 0 saturated heterocycles. The van der Waals surface area contributed by atoms with Crippen molar-refractivity contribution in [3.05, 3.63) is 204 Å². The van der Waals surface area contributed by atoms with Crippen LogP contribution in [0.2, 0.25) is 0 Å². The van der Waals surface area contributed by atoms with Crippen molar-refractivity contribution in [1.29, 1.82) is 0 Å². The highest BCUT2D eigenvalue weighted by atomic mass is 14.3. The van der Waals surface area contributed by atoms with Gasteiger partial charge in [0.25, 0.3) is 0 Å². The summed E-state index contributed by atoms with van der Waals surface area (Å²) in [6.45, 7) is 16.1. The minimum absolute atomic E-state index is 0.0727. The highest BCUT2D eigenvalue weighted by molar-refractivity contribution is 6.47. The van der Waals surface area contributed by atoms with Crippen molar-refractivity contribution in [3.63, 3.8) is 0 Å². The maximum Gasteiger partial charge on any atom is -0.000730 e. The summed E-state index contributed by atoms with van der Waals surface area (Å²) in [5, 5.41) is 26.8. The highest BCUT2D eigenvalue weighted by Crippen LogP contribution is 2.58. The highest BCUT2D eigenvalue weighted by Gasteiger charge is 2.30. The van der Waals surface area contributed by atoms with Gasteiger partial charge in [0.05, 0.1) is 0 Å². The zero-order chi connectivity index (χ0) is 48.2. The van der Waals surface area contributed by atoms with Crippen molar-refractivity contribution in [2.75, 3.05) is 0 Å². The fourth-order valence-corrected chi connectivity index (χ4v) is 14.3. The lowest BCUT2D eigenvalue weighted by molar-refractivity contribution is 0.590. The fourth-order valence-electron chi connectivity index (χ4n) is 14.3. The number of rotatable bonds is 3. The predicted molar refractivity (Wildman–Crippen MR) is 313 cm³/mol. The van der Waals surface area contributed by atoms with Crippen LogP contribution < -0.4 is 0 Å². The molecule has 0 bridgehead atoms. The quantitative estimate of drug-likeness (QED) is 0.122. The first-order valence-electron chi connectivity index (χ1n) is 25.8. The second kappa shape index (κ2) is 13.8. The Morgan fingerprint density at radius 2 is 0.639 bits per heavy atom. The largest absolute Gasteiger partial charge is 0.0620 e. The fraction of sp³-hybridized carbons (Fsp3) is 0.111. The SMILES string of the molecule is Cc1ccccc1-c1c2cc3c(cc2c(-c2ccccc2C)c2c4ccc5c6ccc7c8c(ccc(c9ccc(c12)c4c95)c86)-c1cc(C(C)(C)C)ccc1-7)c1ccc(-c2c(C)cccc2C)c2cccc3c21. The van der Waals surface area contributed by atoms with Gasteiger partial charge in [0.15, 0.2) is 0 Å². The Bertz CT molecular complexity index is 4720. The maximum absolute atomic E-state index is 2.58. The van der Waals surface area contributed by atoms with E-state index in [2.05, 4.69) is 224 Å². The molecule has 0 aliphatic heterocycles. The minimum atomic E-state index is 0.0727. The first kappa shape index (κ1) is 40.4. The summed E-state index contributed by atoms with van der Waals surface area (Å²) < 4.78 is 0. The molecule has 1 aliphatic carbocycles. The number of hydrogen-bond donors (Lipinski definition) is 0. The first-order chi connectivity index (χ1) is 35.0. The van der Waals surface area contributed by atoms with E-state index in [0.717, 1.165) is 0 Å². The monoisotopic (exact) mass is 914 g/mol. The molecule has 0 heteroatoms. The molecule has 1 aliphatic rings. The van der Waals surface area contributed by atoms with Crippen LogP contribution in [0, 0.1) is 27.7 Å². The molecule has 0 fully saturated rings.